The van der Waals surface area contributed by atoms with Crippen LogP contribution in [-0.4, -0.2) is 34.8 Å². The Morgan fingerprint density at radius 2 is 2.37 bits per heavy atom. The van der Waals surface area contributed by atoms with Gasteiger partial charge < -0.3 is 10.2 Å². The molecule has 0 saturated carbocycles. The molecule has 0 saturated heterocycles. The molecule has 2 heterocycles. The van der Waals surface area contributed by atoms with Gasteiger partial charge in [0.1, 0.15) is 6.04 Å². The van der Waals surface area contributed by atoms with E-state index in [-0.39, 0.29) is 11.9 Å². The normalized spacial score (nSPS) is 12.2. The second-order valence-electron chi connectivity index (χ2n) is 4.40. The summed E-state index contributed by atoms with van der Waals surface area (Å²) >= 11 is 1.56. The number of hydrogen-bond donors (Lipinski definition) is 1. The lowest BCUT2D eigenvalue weighted by Crippen LogP contribution is -2.30. The highest BCUT2D eigenvalue weighted by Crippen LogP contribution is 2.17. The highest BCUT2D eigenvalue weighted by molar-refractivity contribution is 7.13. The fraction of sp³-hybridized carbons (Fsp3) is 0.417. The second-order valence-corrected chi connectivity index (χ2v) is 5.23. The summed E-state index contributed by atoms with van der Waals surface area (Å²) in [4.78, 5) is 18.3. The third kappa shape index (κ3) is 3.31. The van der Waals surface area contributed by atoms with E-state index >= 15 is 0 Å². The number of nitrogens with zero attached hydrogens (tertiary/aromatic N) is 4. The zero-order valence-corrected chi connectivity index (χ0v) is 12.0. The first kappa shape index (κ1) is 13.5. The molecule has 0 fully saturated rings. The van der Waals surface area contributed by atoms with Crippen molar-refractivity contribution in [3.05, 3.63) is 29.5 Å². The number of carbonyl (C=O) groups is 1. The molecule has 6 nitrogen and oxygen atoms in total. The van der Waals surface area contributed by atoms with Crippen LogP contribution in [-0.2, 0) is 11.3 Å². The molecule has 0 bridgehead atoms. The van der Waals surface area contributed by atoms with Crippen molar-refractivity contribution in [3.8, 4) is 0 Å². The van der Waals surface area contributed by atoms with Crippen LogP contribution >= 0.6 is 11.3 Å². The van der Waals surface area contributed by atoms with Crippen LogP contribution in [0, 0.1) is 0 Å². The molecule has 1 N–H and O–H groups in total. The van der Waals surface area contributed by atoms with Gasteiger partial charge in [0.05, 0.1) is 12.2 Å². The van der Waals surface area contributed by atoms with E-state index in [1.165, 1.54) is 0 Å². The average Bonchev–Trinajstić information content (AvgIpc) is 3.05. The Labute approximate surface area is 116 Å². The third-order valence-corrected chi connectivity index (χ3v) is 3.72. The van der Waals surface area contributed by atoms with Crippen LogP contribution in [0.15, 0.2) is 23.8 Å². The molecule has 0 aliphatic rings. The fourth-order valence-electron chi connectivity index (χ4n) is 1.54. The van der Waals surface area contributed by atoms with E-state index in [9.17, 15) is 4.79 Å². The standard InChI is InChI=1S/C12H17N5OS/c1-9(17-6-4-5-14-17)11(18)13-7-10-8-19-12(15-10)16(2)3/h4-6,8-9H,7H2,1-3H3,(H,13,18)/t9-/m0/s1. The molecule has 2 aromatic heterocycles. The molecule has 0 unspecified atom stereocenters. The first-order chi connectivity index (χ1) is 9.08. The highest BCUT2D eigenvalue weighted by atomic mass is 32.1. The van der Waals surface area contributed by atoms with Crippen molar-refractivity contribution in [2.75, 3.05) is 19.0 Å². The summed E-state index contributed by atoms with van der Waals surface area (Å²) in [5.74, 6) is -0.0666. The minimum atomic E-state index is -0.318. The molecule has 7 heteroatoms. The first-order valence-corrected chi connectivity index (χ1v) is 6.84. The first-order valence-electron chi connectivity index (χ1n) is 5.96. The smallest absolute Gasteiger partial charge is 0.244 e. The number of thiazole rings is 1. The Bertz CT molecular complexity index is 534. The number of amides is 1. The van der Waals surface area contributed by atoms with Gasteiger partial charge in [-0.3, -0.25) is 9.48 Å². The van der Waals surface area contributed by atoms with E-state index in [1.807, 2.05) is 31.3 Å². The Morgan fingerprint density at radius 3 is 2.95 bits per heavy atom. The summed E-state index contributed by atoms with van der Waals surface area (Å²) in [6, 6.07) is 1.48. The molecule has 1 amide bonds. The van der Waals surface area contributed by atoms with Crippen molar-refractivity contribution in [2.45, 2.75) is 19.5 Å². The molecule has 2 rings (SSSR count). The maximum absolute atomic E-state index is 11.9. The van der Waals surface area contributed by atoms with Crippen LogP contribution in [0.1, 0.15) is 18.7 Å². The molecule has 0 aliphatic heterocycles. The van der Waals surface area contributed by atoms with Crippen LogP contribution in [0.25, 0.3) is 0 Å². The summed E-state index contributed by atoms with van der Waals surface area (Å²) in [7, 11) is 3.89. The zero-order valence-electron chi connectivity index (χ0n) is 11.2. The fourth-order valence-corrected chi connectivity index (χ4v) is 2.30. The summed E-state index contributed by atoms with van der Waals surface area (Å²) in [5, 5.41) is 9.81. The average molecular weight is 279 g/mol. The molecule has 0 aliphatic carbocycles. The van der Waals surface area contributed by atoms with E-state index in [4.69, 9.17) is 0 Å². The zero-order chi connectivity index (χ0) is 13.8. The van der Waals surface area contributed by atoms with Gasteiger partial charge in [0.2, 0.25) is 5.91 Å². The van der Waals surface area contributed by atoms with Gasteiger partial charge in [-0.25, -0.2) is 4.98 Å². The van der Waals surface area contributed by atoms with E-state index in [0.717, 1.165) is 10.8 Å². The highest BCUT2D eigenvalue weighted by Gasteiger charge is 2.15. The minimum Gasteiger partial charge on any atom is -0.354 e. The maximum Gasteiger partial charge on any atom is 0.244 e. The quantitative estimate of drug-likeness (QED) is 0.895. The van der Waals surface area contributed by atoms with Crippen LogP contribution < -0.4 is 10.2 Å². The second kappa shape index (κ2) is 5.83. The van der Waals surface area contributed by atoms with Crippen molar-refractivity contribution in [1.82, 2.24) is 20.1 Å². The van der Waals surface area contributed by atoms with Gasteiger partial charge in [-0.15, -0.1) is 11.3 Å². The van der Waals surface area contributed by atoms with Gasteiger partial charge in [-0.05, 0) is 13.0 Å². The Balaban J connectivity index is 1.89. The van der Waals surface area contributed by atoms with E-state index in [0.29, 0.717) is 6.54 Å². The van der Waals surface area contributed by atoms with Crippen LogP contribution in [0.4, 0.5) is 5.13 Å². The summed E-state index contributed by atoms with van der Waals surface area (Å²) in [6.45, 7) is 2.25. The predicted octanol–water partition coefficient (Wildman–Crippen LogP) is 1.28. The van der Waals surface area contributed by atoms with Crippen molar-refractivity contribution < 1.29 is 4.79 Å². The summed E-state index contributed by atoms with van der Waals surface area (Å²) in [6.07, 6.45) is 3.44. The maximum atomic E-state index is 11.9. The van der Waals surface area contributed by atoms with Gasteiger partial charge in [0, 0.05) is 31.9 Å². The van der Waals surface area contributed by atoms with Crippen LogP contribution in [0.2, 0.25) is 0 Å². The van der Waals surface area contributed by atoms with Gasteiger partial charge in [-0.1, -0.05) is 0 Å². The van der Waals surface area contributed by atoms with E-state index in [2.05, 4.69) is 15.4 Å². The molecule has 0 aromatic carbocycles. The topological polar surface area (TPSA) is 63.1 Å². The van der Waals surface area contributed by atoms with Crippen LogP contribution in [0.5, 0.6) is 0 Å². The van der Waals surface area contributed by atoms with Crippen molar-refractivity contribution in [2.24, 2.45) is 0 Å². The Kier molecular flexibility index (Phi) is 4.16. The Morgan fingerprint density at radius 1 is 1.58 bits per heavy atom. The largest absolute Gasteiger partial charge is 0.354 e. The number of anilines is 1. The van der Waals surface area contributed by atoms with Crippen molar-refractivity contribution in [3.63, 3.8) is 0 Å². The third-order valence-electron chi connectivity index (χ3n) is 2.67. The minimum absolute atomic E-state index is 0.0666. The van der Waals surface area contributed by atoms with Gasteiger partial charge >= 0.3 is 0 Å². The molecule has 0 spiro atoms. The lowest BCUT2D eigenvalue weighted by molar-refractivity contribution is -0.124. The summed E-state index contributed by atoms with van der Waals surface area (Å²) < 4.78 is 1.63. The molecule has 1 atom stereocenters. The predicted molar refractivity (Wildman–Crippen MR) is 75.2 cm³/mol. The van der Waals surface area contributed by atoms with Gasteiger partial charge in [0.25, 0.3) is 0 Å². The van der Waals surface area contributed by atoms with Gasteiger partial charge in [0.15, 0.2) is 5.13 Å². The number of hydrogen-bond acceptors (Lipinski definition) is 5. The Hall–Kier alpha value is -1.89. The van der Waals surface area contributed by atoms with Crippen LogP contribution in [0.3, 0.4) is 0 Å². The molecule has 2 aromatic rings. The molecule has 102 valence electrons. The van der Waals surface area contributed by atoms with E-state index < -0.39 is 0 Å². The van der Waals surface area contributed by atoms with Crippen molar-refractivity contribution >= 4 is 22.4 Å². The summed E-state index contributed by atoms with van der Waals surface area (Å²) in [5.41, 5.74) is 0.870. The molecular weight excluding hydrogens is 262 g/mol. The number of rotatable bonds is 5. The SMILES string of the molecule is C[C@@H](C(=O)NCc1csc(N(C)C)n1)n1cccn1. The number of nitrogens with one attached hydrogen (secondary N) is 1. The monoisotopic (exact) mass is 279 g/mol. The number of carbonyl (C=O) groups excluding carboxylic acids is 1. The molecular formula is C12H17N5OS. The number of aromatic nitrogens is 3. The molecule has 0 radical (unpaired) electrons. The molecule has 19 heavy (non-hydrogen) atoms. The lowest BCUT2D eigenvalue weighted by atomic mass is 10.3. The lowest BCUT2D eigenvalue weighted by Gasteiger charge is -2.11. The van der Waals surface area contributed by atoms with Gasteiger partial charge in [-0.2, -0.15) is 5.10 Å². The van der Waals surface area contributed by atoms with E-state index in [1.54, 1.807) is 34.5 Å². The van der Waals surface area contributed by atoms with Crippen molar-refractivity contribution in [1.29, 1.82) is 0 Å².